The quantitative estimate of drug-likeness (QED) is 0.406. The number of hydrogen-bond donors (Lipinski definition) is 1. The first-order valence-electron chi connectivity index (χ1n) is 8.63. The van der Waals surface area contributed by atoms with E-state index in [4.69, 9.17) is 4.42 Å². The molecule has 0 spiro atoms. The van der Waals surface area contributed by atoms with Crippen LogP contribution in [0.4, 0.5) is 5.13 Å². The van der Waals surface area contributed by atoms with Crippen LogP contribution in [0.3, 0.4) is 0 Å². The van der Waals surface area contributed by atoms with Gasteiger partial charge in [-0.25, -0.2) is 4.98 Å². The van der Waals surface area contributed by atoms with Crippen LogP contribution in [0.25, 0.3) is 32.7 Å². The first kappa shape index (κ1) is 17.0. The Morgan fingerprint density at radius 1 is 1.18 bits per heavy atom. The number of benzene rings is 1. The highest BCUT2D eigenvalue weighted by Gasteiger charge is 2.22. The molecule has 1 N–H and O–H groups in total. The van der Waals surface area contributed by atoms with Crippen molar-refractivity contribution in [1.29, 1.82) is 0 Å². The summed E-state index contributed by atoms with van der Waals surface area (Å²) in [5.41, 5.74) is 3.04. The molecule has 5 nitrogen and oxygen atoms in total. The third-order valence-corrected chi connectivity index (χ3v) is 6.40. The van der Waals surface area contributed by atoms with Gasteiger partial charge in [-0.3, -0.25) is 10.1 Å². The molecule has 7 heteroatoms. The Kier molecular flexibility index (Phi) is 4.11. The summed E-state index contributed by atoms with van der Waals surface area (Å²) in [6.07, 6.45) is 5.39. The number of fused-ring (bicyclic) bond motifs is 1. The fourth-order valence-electron chi connectivity index (χ4n) is 3.28. The molecule has 0 fully saturated rings. The molecule has 0 aliphatic carbocycles. The van der Waals surface area contributed by atoms with Gasteiger partial charge in [-0.15, -0.1) is 22.7 Å². The molecule has 0 unspecified atom stereocenters. The zero-order chi connectivity index (χ0) is 19.1. The third kappa shape index (κ3) is 2.85. The molecule has 0 aliphatic heterocycles. The van der Waals surface area contributed by atoms with Crippen molar-refractivity contribution >= 4 is 44.6 Å². The molecule has 0 atom stereocenters. The molecule has 0 aliphatic rings. The van der Waals surface area contributed by atoms with Gasteiger partial charge in [0, 0.05) is 51.7 Å². The molecule has 4 heterocycles. The molecule has 4 aromatic heterocycles. The van der Waals surface area contributed by atoms with E-state index >= 15 is 0 Å². The number of aryl methyl sites for hydroxylation is 1. The standard InChI is InChI=1S/C21H15N3O2S2/c1-24-12-15(13-5-2-3-6-16(13)24)18-11-14(17-7-4-9-26-17)19(28-18)20(25)23-21-22-8-10-27-21/h2-12H,1H3,(H,22,23,25). The summed E-state index contributed by atoms with van der Waals surface area (Å²) in [4.78, 5) is 18.7. The van der Waals surface area contributed by atoms with Crippen LogP contribution in [-0.4, -0.2) is 15.5 Å². The van der Waals surface area contributed by atoms with Crippen molar-refractivity contribution in [2.45, 2.75) is 0 Å². The topological polar surface area (TPSA) is 60.1 Å². The van der Waals surface area contributed by atoms with Crippen LogP contribution in [0.2, 0.25) is 0 Å². The van der Waals surface area contributed by atoms with E-state index in [1.807, 2.05) is 42.8 Å². The molecule has 0 saturated heterocycles. The molecule has 0 bridgehead atoms. The highest BCUT2D eigenvalue weighted by molar-refractivity contribution is 7.18. The Hall–Kier alpha value is -3.16. The molecule has 0 saturated carbocycles. The van der Waals surface area contributed by atoms with Gasteiger partial charge < -0.3 is 8.98 Å². The summed E-state index contributed by atoms with van der Waals surface area (Å²) in [7, 11) is 2.03. The highest BCUT2D eigenvalue weighted by atomic mass is 32.1. The minimum absolute atomic E-state index is 0.183. The second-order valence-electron chi connectivity index (χ2n) is 6.29. The Bertz CT molecular complexity index is 1260. The van der Waals surface area contributed by atoms with Gasteiger partial charge in [-0.1, -0.05) is 18.2 Å². The van der Waals surface area contributed by atoms with Gasteiger partial charge in [0.25, 0.3) is 5.91 Å². The molecule has 0 radical (unpaired) electrons. The van der Waals surface area contributed by atoms with E-state index in [0.29, 0.717) is 15.8 Å². The molecule has 5 aromatic rings. The number of furan rings is 1. The number of carbonyl (C=O) groups excluding carboxylic acids is 1. The predicted molar refractivity (Wildman–Crippen MR) is 114 cm³/mol. The SMILES string of the molecule is Cn1cc(-c2cc(-c3ccco3)c(C(=O)Nc3nccs3)s2)c2ccccc21. The van der Waals surface area contributed by atoms with Gasteiger partial charge in [0.15, 0.2) is 5.13 Å². The molecule has 5 rings (SSSR count). The lowest BCUT2D eigenvalue weighted by Crippen LogP contribution is -2.10. The zero-order valence-electron chi connectivity index (χ0n) is 14.9. The highest BCUT2D eigenvalue weighted by Crippen LogP contribution is 2.41. The van der Waals surface area contributed by atoms with E-state index < -0.39 is 0 Å². The second kappa shape index (κ2) is 6.78. The monoisotopic (exact) mass is 405 g/mol. The van der Waals surface area contributed by atoms with Crippen LogP contribution in [0.1, 0.15) is 9.67 Å². The van der Waals surface area contributed by atoms with Crippen molar-refractivity contribution in [3.8, 4) is 21.8 Å². The fourth-order valence-corrected chi connectivity index (χ4v) is 4.89. The lowest BCUT2D eigenvalue weighted by molar-refractivity contribution is 0.103. The van der Waals surface area contributed by atoms with Gasteiger partial charge >= 0.3 is 0 Å². The number of nitrogens with one attached hydrogen (secondary N) is 1. The van der Waals surface area contributed by atoms with E-state index in [1.165, 1.54) is 22.7 Å². The van der Waals surface area contributed by atoms with Gasteiger partial charge in [0.2, 0.25) is 0 Å². The summed E-state index contributed by atoms with van der Waals surface area (Å²) < 4.78 is 7.70. The van der Waals surface area contributed by atoms with E-state index in [9.17, 15) is 4.79 Å². The minimum Gasteiger partial charge on any atom is -0.464 e. The number of rotatable bonds is 4. The fraction of sp³-hybridized carbons (Fsp3) is 0.0476. The average molecular weight is 406 g/mol. The Morgan fingerprint density at radius 3 is 2.86 bits per heavy atom. The maximum Gasteiger partial charge on any atom is 0.268 e. The van der Waals surface area contributed by atoms with E-state index in [-0.39, 0.29) is 5.91 Å². The molecule has 138 valence electrons. The number of anilines is 1. The number of thiazole rings is 1. The lowest BCUT2D eigenvalue weighted by atomic mass is 10.1. The van der Waals surface area contributed by atoms with Gasteiger partial charge in [0.05, 0.1) is 6.26 Å². The zero-order valence-corrected chi connectivity index (χ0v) is 16.5. The summed E-state index contributed by atoms with van der Waals surface area (Å²) in [5.74, 6) is 0.491. The van der Waals surface area contributed by atoms with Crippen molar-refractivity contribution in [1.82, 2.24) is 9.55 Å². The Balaban J connectivity index is 1.65. The molecular weight excluding hydrogens is 390 g/mol. The van der Waals surface area contributed by atoms with Crippen LogP contribution in [0, 0.1) is 0 Å². The van der Waals surface area contributed by atoms with Crippen molar-refractivity contribution in [3.05, 3.63) is 71.4 Å². The van der Waals surface area contributed by atoms with Crippen LogP contribution in [-0.2, 0) is 7.05 Å². The number of para-hydroxylation sites is 1. The van der Waals surface area contributed by atoms with Crippen molar-refractivity contribution in [2.24, 2.45) is 7.05 Å². The third-order valence-electron chi connectivity index (χ3n) is 4.54. The number of nitrogens with zero attached hydrogens (tertiary/aromatic N) is 2. The van der Waals surface area contributed by atoms with Crippen molar-refractivity contribution in [2.75, 3.05) is 5.32 Å². The molecular formula is C21H15N3O2S2. The lowest BCUT2D eigenvalue weighted by Gasteiger charge is -2.01. The van der Waals surface area contributed by atoms with Crippen LogP contribution in [0.5, 0.6) is 0 Å². The number of aromatic nitrogens is 2. The summed E-state index contributed by atoms with van der Waals surface area (Å²) in [6.45, 7) is 0. The summed E-state index contributed by atoms with van der Waals surface area (Å²) in [5, 5.41) is 6.45. The Morgan fingerprint density at radius 2 is 2.07 bits per heavy atom. The number of amides is 1. The van der Waals surface area contributed by atoms with Crippen molar-refractivity contribution in [3.63, 3.8) is 0 Å². The predicted octanol–water partition coefficient (Wildman–Crippen LogP) is 5.88. The van der Waals surface area contributed by atoms with Crippen LogP contribution < -0.4 is 5.32 Å². The largest absolute Gasteiger partial charge is 0.464 e. The van der Waals surface area contributed by atoms with E-state index in [2.05, 4.69) is 33.2 Å². The molecule has 1 amide bonds. The van der Waals surface area contributed by atoms with Gasteiger partial charge in [-0.05, 0) is 24.3 Å². The first-order chi connectivity index (χ1) is 13.7. The van der Waals surface area contributed by atoms with Gasteiger partial charge in [0.1, 0.15) is 10.6 Å². The second-order valence-corrected chi connectivity index (χ2v) is 8.24. The number of thiophene rings is 1. The summed E-state index contributed by atoms with van der Waals surface area (Å²) in [6, 6.07) is 14.0. The van der Waals surface area contributed by atoms with Gasteiger partial charge in [-0.2, -0.15) is 0 Å². The average Bonchev–Trinajstić information content (AvgIpc) is 3.48. The number of carbonyl (C=O) groups is 1. The van der Waals surface area contributed by atoms with Crippen molar-refractivity contribution < 1.29 is 9.21 Å². The minimum atomic E-state index is -0.183. The molecule has 28 heavy (non-hydrogen) atoms. The van der Waals surface area contributed by atoms with E-state index in [0.717, 1.165) is 26.9 Å². The first-order valence-corrected chi connectivity index (χ1v) is 10.3. The maximum absolute atomic E-state index is 13.0. The van der Waals surface area contributed by atoms with Crippen LogP contribution in [0.15, 0.2) is 70.9 Å². The van der Waals surface area contributed by atoms with E-state index in [1.54, 1.807) is 12.5 Å². The van der Waals surface area contributed by atoms with Crippen LogP contribution >= 0.6 is 22.7 Å². The summed E-state index contributed by atoms with van der Waals surface area (Å²) >= 11 is 2.85. The Labute approximate surface area is 168 Å². The number of hydrogen-bond acceptors (Lipinski definition) is 5. The maximum atomic E-state index is 13.0. The smallest absolute Gasteiger partial charge is 0.268 e. The normalized spacial score (nSPS) is 11.2. The molecule has 1 aromatic carbocycles.